The van der Waals surface area contributed by atoms with Crippen LogP contribution in [-0.2, 0) is 14.3 Å². The van der Waals surface area contributed by atoms with Crippen LogP contribution in [0.3, 0.4) is 0 Å². The number of methoxy groups -OCH3 is 3. The van der Waals surface area contributed by atoms with Crippen LogP contribution in [0.4, 0.5) is 0 Å². The van der Waals surface area contributed by atoms with Crippen molar-refractivity contribution in [2.75, 3.05) is 41.1 Å². The van der Waals surface area contributed by atoms with Crippen molar-refractivity contribution in [1.29, 1.82) is 0 Å². The summed E-state index contributed by atoms with van der Waals surface area (Å²) >= 11 is 0. The molecule has 1 atom stereocenters. The molecule has 1 N–H and O–H groups in total. The zero-order valence-corrected chi connectivity index (χ0v) is 20.9. The van der Waals surface area contributed by atoms with Gasteiger partial charge in [-0.1, -0.05) is 32.0 Å². The summed E-state index contributed by atoms with van der Waals surface area (Å²) < 4.78 is 21.9. The zero-order valence-electron chi connectivity index (χ0n) is 20.9. The van der Waals surface area contributed by atoms with Crippen molar-refractivity contribution in [3.05, 3.63) is 59.2 Å². The third-order valence-corrected chi connectivity index (χ3v) is 5.88. The van der Waals surface area contributed by atoms with Crippen LogP contribution in [0.15, 0.2) is 48.0 Å². The van der Waals surface area contributed by atoms with Gasteiger partial charge in [-0.15, -0.1) is 0 Å². The Morgan fingerprint density at radius 3 is 2.43 bits per heavy atom. The molecule has 1 aliphatic rings. The fourth-order valence-electron chi connectivity index (χ4n) is 3.95. The summed E-state index contributed by atoms with van der Waals surface area (Å²) in [5.74, 6) is 0.323. The Labute approximate surface area is 206 Å². The average molecular weight is 484 g/mol. The van der Waals surface area contributed by atoms with Gasteiger partial charge in [-0.3, -0.25) is 9.59 Å². The number of aliphatic hydroxyl groups excluding tert-OH is 1. The number of Topliss-reactive ketones (excluding diaryl/α,β-unsaturated/α-hetero) is 1. The number of benzene rings is 2. The molecule has 8 nitrogen and oxygen atoms in total. The second-order valence-electron chi connectivity index (χ2n) is 8.66. The quantitative estimate of drug-likeness (QED) is 0.291. The van der Waals surface area contributed by atoms with Gasteiger partial charge in [-0.25, -0.2) is 0 Å². The number of carbonyl (C=O) groups excluding carboxylic acids is 2. The molecule has 1 unspecified atom stereocenters. The van der Waals surface area contributed by atoms with Crippen LogP contribution in [0.1, 0.15) is 37.4 Å². The van der Waals surface area contributed by atoms with Crippen LogP contribution in [0.25, 0.3) is 5.76 Å². The molecule has 1 aliphatic heterocycles. The number of rotatable bonds is 11. The molecule has 188 valence electrons. The van der Waals surface area contributed by atoms with Gasteiger partial charge in [0, 0.05) is 19.2 Å². The standard InChI is InChI=1S/C27H33NO7/c1-17(2)11-13-35-21-10-9-18(16-22(21)34-5)24-23(26(30)27(31)28(24)12-14-32-3)25(29)19-7-6-8-20(15-19)33-4/h6-10,15-17,24,29H,11-14H2,1-5H3. The fourth-order valence-corrected chi connectivity index (χ4v) is 3.95. The first kappa shape index (κ1) is 26.1. The monoisotopic (exact) mass is 483 g/mol. The van der Waals surface area contributed by atoms with E-state index in [1.165, 1.54) is 26.2 Å². The first-order valence-corrected chi connectivity index (χ1v) is 11.5. The van der Waals surface area contributed by atoms with Crippen molar-refractivity contribution in [2.24, 2.45) is 5.92 Å². The molecule has 0 spiro atoms. The van der Waals surface area contributed by atoms with Crippen LogP contribution < -0.4 is 14.2 Å². The van der Waals surface area contributed by atoms with E-state index < -0.39 is 17.7 Å². The lowest BCUT2D eigenvalue weighted by Crippen LogP contribution is -2.32. The van der Waals surface area contributed by atoms with E-state index in [2.05, 4.69) is 13.8 Å². The first-order valence-electron chi connectivity index (χ1n) is 11.5. The van der Waals surface area contributed by atoms with E-state index in [0.717, 1.165) is 6.42 Å². The van der Waals surface area contributed by atoms with Crippen molar-refractivity contribution in [3.63, 3.8) is 0 Å². The molecule has 35 heavy (non-hydrogen) atoms. The van der Waals surface area contributed by atoms with Gasteiger partial charge in [0.1, 0.15) is 11.5 Å². The molecule has 0 aliphatic carbocycles. The molecule has 1 amide bonds. The summed E-state index contributed by atoms with van der Waals surface area (Å²) in [5.41, 5.74) is 0.979. The minimum atomic E-state index is -0.824. The maximum atomic E-state index is 13.1. The summed E-state index contributed by atoms with van der Waals surface area (Å²) in [6.45, 7) is 5.19. The number of hydrogen-bond donors (Lipinski definition) is 1. The van der Waals surface area contributed by atoms with E-state index in [0.29, 0.717) is 40.9 Å². The number of ketones is 1. The highest BCUT2D eigenvalue weighted by Crippen LogP contribution is 2.42. The molecule has 3 rings (SSSR count). The maximum absolute atomic E-state index is 13.1. The smallest absolute Gasteiger partial charge is 0.295 e. The predicted octanol–water partition coefficient (Wildman–Crippen LogP) is 4.20. The maximum Gasteiger partial charge on any atom is 0.295 e. The van der Waals surface area contributed by atoms with Gasteiger partial charge >= 0.3 is 0 Å². The molecule has 0 saturated carbocycles. The molecule has 2 aromatic carbocycles. The fraction of sp³-hybridized carbons (Fsp3) is 0.407. The first-order chi connectivity index (χ1) is 16.8. The van der Waals surface area contributed by atoms with Crippen LogP contribution >= 0.6 is 0 Å². The van der Waals surface area contributed by atoms with Crippen LogP contribution in [0.2, 0.25) is 0 Å². The molecule has 1 fully saturated rings. The van der Waals surface area contributed by atoms with E-state index in [4.69, 9.17) is 18.9 Å². The Morgan fingerprint density at radius 2 is 1.77 bits per heavy atom. The Morgan fingerprint density at radius 1 is 1.00 bits per heavy atom. The lowest BCUT2D eigenvalue weighted by molar-refractivity contribution is -0.140. The van der Waals surface area contributed by atoms with Crippen molar-refractivity contribution in [2.45, 2.75) is 26.3 Å². The van der Waals surface area contributed by atoms with E-state index in [1.807, 2.05) is 0 Å². The Balaban J connectivity index is 2.09. The highest BCUT2D eigenvalue weighted by atomic mass is 16.5. The molecule has 0 radical (unpaired) electrons. The van der Waals surface area contributed by atoms with Gasteiger partial charge in [-0.05, 0) is 42.2 Å². The number of carbonyl (C=O) groups is 2. The molecule has 1 saturated heterocycles. The van der Waals surface area contributed by atoms with E-state index in [1.54, 1.807) is 42.5 Å². The number of amides is 1. The molecule has 1 heterocycles. The topological polar surface area (TPSA) is 94.5 Å². The second-order valence-corrected chi connectivity index (χ2v) is 8.66. The number of ether oxygens (including phenoxy) is 4. The lowest BCUT2D eigenvalue weighted by atomic mass is 9.95. The van der Waals surface area contributed by atoms with Crippen molar-refractivity contribution >= 4 is 17.4 Å². The predicted molar refractivity (Wildman–Crippen MR) is 132 cm³/mol. The van der Waals surface area contributed by atoms with E-state index in [9.17, 15) is 14.7 Å². The van der Waals surface area contributed by atoms with Crippen molar-refractivity contribution in [1.82, 2.24) is 4.90 Å². The third-order valence-electron chi connectivity index (χ3n) is 5.88. The summed E-state index contributed by atoms with van der Waals surface area (Å²) in [6, 6.07) is 11.2. The molecule has 0 bridgehead atoms. The molecular weight excluding hydrogens is 450 g/mol. The van der Waals surface area contributed by atoms with Gasteiger partial charge in [0.05, 0.1) is 39.0 Å². The van der Waals surface area contributed by atoms with Crippen molar-refractivity contribution in [3.8, 4) is 17.2 Å². The Bertz CT molecular complexity index is 1090. The summed E-state index contributed by atoms with van der Waals surface area (Å²) in [7, 11) is 4.57. The van der Waals surface area contributed by atoms with E-state index in [-0.39, 0.29) is 24.5 Å². The Kier molecular flexibility index (Phi) is 8.76. The second kappa shape index (κ2) is 11.8. The van der Waals surface area contributed by atoms with Gasteiger partial charge in [0.25, 0.3) is 11.7 Å². The van der Waals surface area contributed by atoms with Gasteiger partial charge in [0.2, 0.25) is 0 Å². The zero-order chi connectivity index (χ0) is 25.5. The van der Waals surface area contributed by atoms with Crippen LogP contribution in [0, 0.1) is 5.92 Å². The third kappa shape index (κ3) is 5.77. The number of aliphatic hydroxyl groups is 1. The number of likely N-dealkylation sites (tertiary alicyclic amines) is 1. The van der Waals surface area contributed by atoms with Crippen molar-refractivity contribution < 1.29 is 33.6 Å². The van der Waals surface area contributed by atoms with Gasteiger partial charge in [-0.2, -0.15) is 0 Å². The summed E-state index contributed by atoms with van der Waals surface area (Å²) in [4.78, 5) is 27.5. The van der Waals surface area contributed by atoms with E-state index >= 15 is 0 Å². The van der Waals surface area contributed by atoms with Gasteiger partial charge in [0.15, 0.2) is 11.5 Å². The highest BCUT2D eigenvalue weighted by Gasteiger charge is 2.46. The van der Waals surface area contributed by atoms with Gasteiger partial charge < -0.3 is 29.0 Å². The molecule has 8 heteroatoms. The number of hydrogen-bond acceptors (Lipinski definition) is 7. The molecular formula is C27H33NO7. The largest absolute Gasteiger partial charge is 0.507 e. The van der Waals surface area contributed by atoms with Crippen LogP contribution in [-0.4, -0.2) is 62.8 Å². The molecule has 2 aromatic rings. The number of nitrogens with zero attached hydrogens (tertiary/aromatic N) is 1. The minimum absolute atomic E-state index is 0.00474. The summed E-state index contributed by atoms with van der Waals surface area (Å²) in [6.07, 6.45) is 0.891. The SMILES string of the molecule is COCCN1C(=O)C(=O)C(=C(O)c2cccc(OC)c2)C1c1ccc(OCCC(C)C)c(OC)c1. The average Bonchev–Trinajstić information content (AvgIpc) is 3.11. The minimum Gasteiger partial charge on any atom is -0.507 e. The molecule has 0 aromatic heterocycles. The normalized spacial score (nSPS) is 17.2. The highest BCUT2D eigenvalue weighted by molar-refractivity contribution is 6.46. The van der Waals surface area contributed by atoms with Crippen LogP contribution in [0.5, 0.6) is 17.2 Å². The Hall–Kier alpha value is -3.52. The summed E-state index contributed by atoms with van der Waals surface area (Å²) in [5, 5.41) is 11.2. The lowest BCUT2D eigenvalue weighted by Gasteiger charge is -2.25.